The zero-order valence-corrected chi connectivity index (χ0v) is 17.4. The van der Waals surface area contributed by atoms with Gasteiger partial charge in [-0.2, -0.15) is 0 Å². The van der Waals surface area contributed by atoms with Gasteiger partial charge in [0.1, 0.15) is 5.52 Å². The third kappa shape index (κ3) is 3.95. The molecule has 1 fully saturated rings. The summed E-state index contributed by atoms with van der Waals surface area (Å²) in [7, 11) is 3.54. The van der Waals surface area contributed by atoms with Gasteiger partial charge in [0.05, 0.1) is 5.56 Å². The molecule has 0 aliphatic carbocycles. The molecule has 1 aliphatic rings. The standard InChI is InChI=1S/C22H25ClN4O2/c1-25-14-19(18-6-9-24-20(18)22(25)29)21(28)26(2)17-7-10-27(11-8-17)13-15-4-3-5-16(23)12-15/h3-6,9,12,14,17,24H,7-8,10-11,13H2,1-2H3. The van der Waals surface area contributed by atoms with Gasteiger partial charge in [-0.3, -0.25) is 14.5 Å². The average Bonchev–Trinajstić information content (AvgIpc) is 3.20. The minimum atomic E-state index is -0.126. The van der Waals surface area contributed by atoms with Crippen LogP contribution in [0.25, 0.3) is 10.9 Å². The molecular formula is C22H25ClN4O2. The van der Waals surface area contributed by atoms with E-state index in [-0.39, 0.29) is 17.5 Å². The van der Waals surface area contributed by atoms with Crippen LogP contribution in [-0.4, -0.2) is 51.4 Å². The Kier molecular flexibility index (Phi) is 5.48. The molecule has 0 unspecified atom stereocenters. The zero-order valence-electron chi connectivity index (χ0n) is 16.7. The third-order valence-electron chi connectivity index (χ3n) is 5.84. The first kappa shape index (κ1) is 19.7. The lowest BCUT2D eigenvalue weighted by molar-refractivity contribution is 0.0637. The molecule has 4 rings (SSSR count). The molecule has 3 aromatic rings. The first-order chi connectivity index (χ1) is 13.9. The molecule has 1 N–H and O–H groups in total. The van der Waals surface area contributed by atoms with E-state index in [0.29, 0.717) is 16.5 Å². The number of aryl methyl sites for hydroxylation is 1. The second-order valence-corrected chi connectivity index (χ2v) is 8.21. The highest BCUT2D eigenvalue weighted by molar-refractivity contribution is 6.30. The second kappa shape index (κ2) is 8.05. The molecule has 7 heteroatoms. The number of carbonyl (C=O) groups is 1. The van der Waals surface area contributed by atoms with Crippen molar-refractivity contribution >= 4 is 28.4 Å². The fourth-order valence-corrected chi connectivity index (χ4v) is 4.37. The van der Waals surface area contributed by atoms with Crippen LogP contribution < -0.4 is 5.56 Å². The third-order valence-corrected chi connectivity index (χ3v) is 6.08. The van der Waals surface area contributed by atoms with E-state index in [4.69, 9.17) is 11.6 Å². The topological polar surface area (TPSA) is 61.3 Å². The number of rotatable bonds is 4. The van der Waals surface area contributed by atoms with Crippen LogP contribution in [0, 0.1) is 0 Å². The lowest BCUT2D eigenvalue weighted by atomic mass is 10.0. The quantitative estimate of drug-likeness (QED) is 0.715. The first-order valence-corrected chi connectivity index (χ1v) is 10.2. The van der Waals surface area contributed by atoms with E-state index in [1.807, 2.05) is 30.1 Å². The van der Waals surface area contributed by atoms with Crippen molar-refractivity contribution in [1.29, 1.82) is 0 Å². The minimum absolute atomic E-state index is 0.0431. The van der Waals surface area contributed by atoms with E-state index in [2.05, 4.69) is 16.0 Å². The van der Waals surface area contributed by atoms with Crippen molar-refractivity contribution in [2.75, 3.05) is 20.1 Å². The largest absolute Gasteiger partial charge is 0.357 e. The monoisotopic (exact) mass is 412 g/mol. The van der Waals surface area contributed by atoms with Crippen LogP contribution in [0.4, 0.5) is 0 Å². The van der Waals surface area contributed by atoms with Gasteiger partial charge in [-0.1, -0.05) is 23.7 Å². The number of hydrogen-bond donors (Lipinski definition) is 1. The molecule has 1 aromatic carbocycles. The minimum Gasteiger partial charge on any atom is -0.357 e. The number of nitrogens with one attached hydrogen (secondary N) is 1. The van der Waals surface area contributed by atoms with Crippen molar-refractivity contribution < 1.29 is 4.79 Å². The number of likely N-dealkylation sites (tertiary alicyclic amines) is 1. The average molecular weight is 413 g/mol. The number of hydrogen-bond acceptors (Lipinski definition) is 3. The number of piperidine rings is 1. The number of aromatic amines is 1. The Labute approximate surface area is 174 Å². The fourth-order valence-electron chi connectivity index (χ4n) is 4.15. The van der Waals surface area contributed by atoms with E-state index >= 15 is 0 Å². The van der Waals surface area contributed by atoms with E-state index in [0.717, 1.165) is 37.5 Å². The van der Waals surface area contributed by atoms with E-state index < -0.39 is 0 Å². The summed E-state index contributed by atoms with van der Waals surface area (Å²) in [5.41, 5.74) is 2.12. The van der Waals surface area contributed by atoms with E-state index in [1.54, 1.807) is 25.5 Å². The molecule has 6 nitrogen and oxygen atoms in total. The number of amides is 1. The van der Waals surface area contributed by atoms with Crippen molar-refractivity contribution in [3.8, 4) is 0 Å². The Morgan fingerprint density at radius 1 is 1.28 bits per heavy atom. The Morgan fingerprint density at radius 2 is 2.03 bits per heavy atom. The van der Waals surface area contributed by atoms with Crippen LogP contribution in [-0.2, 0) is 13.6 Å². The van der Waals surface area contributed by atoms with Gasteiger partial charge in [0.15, 0.2) is 0 Å². The van der Waals surface area contributed by atoms with Crippen LogP contribution in [0.1, 0.15) is 28.8 Å². The highest BCUT2D eigenvalue weighted by atomic mass is 35.5. The van der Waals surface area contributed by atoms with Gasteiger partial charge in [-0.25, -0.2) is 0 Å². The highest BCUT2D eigenvalue weighted by Crippen LogP contribution is 2.22. The number of H-pyrrole nitrogens is 1. The van der Waals surface area contributed by atoms with E-state index in [9.17, 15) is 9.59 Å². The molecule has 1 amide bonds. The van der Waals surface area contributed by atoms with Crippen molar-refractivity contribution in [1.82, 2.24) is 19.4 Å². The highest BCUT2D eigenvalue weighted by Gasteiger charge is 2.27. The Hall–Kier alpha value is -2.57. The summed E-state index contributed by atoms with van der Waals surface area (Å²) < 4.78 is 1.47. The molecule has 0 radical (unpaired) electrons. The van der Waals surface area contributed by atoms with Gasteiger partial charge in [0, 0.05) is 62.6 Å². The number of carbonyl (C=O) groups excluding carboxylic acids is 1. The summed E-state index contributed by atoms with van der Waals surface area (Å²) in [6.45, 7) is 2.74. The van der Waals surface area contributed by atoms with Crippen molar-refractivity contribution in [3.63, 3.8) is 0 Å². The number of nitrogens with zero attached hydrogens (tertiary/aromatic N) is 3. The normalized spacial score (nSPS) is 15.7. The lowest BCUT2D eigenvalue weighted by Gasteiger charge is -2.37. The first-order valence-electron chi connectivity index (χ1n) is 9.84. The molecular weight excluding hydrogens is 388 g/mol. The maximum absolute atomic E-state index is 13.2. The van der Waals surface area contributed by atoms with Crippen LogP contribution in [0.2, 0.25) is 5.02 Å². The number of pyridine rings is 1. The molecule has 0 saturated carbocycles. The summed E-state index contributed by atoms with van der Waals surface area (Å²) in [4.78, 5) is 32.6. The van der Waals surface area contributed by atoms with Crippen LogP contribution >= 0.6 is 11.6 Å². The van der Waals surface area contributed by atoms with Crippen LogP contribution in [0.5, 0.6) is 0 Å². The lowest BCUT2D eigenvalue weighted by Crippen LogP contribution is -2.45. The molecule has 0 spiro atoms. The summed E-state index contributed by atoms with van der Waals surface area (Å²) in [5, 5.41) is 1.44. The molecule has 152 valence electrons. The molecule has 2 aromatic heterocycles. The number of halogens is 1. The van der Waals surface area contributed by atoms with Crippen LogP contribution in [0.3, 0.4) is 0 Å². The molecule has 0 atom stereocenters. The number of fused-ring (bicyclic) bond motifs is 1. The fraction of sp³-hybridized carbons (Fsp3) is 0.364. The Bertz CT molecular complexity index is 1100. The summed E-state index contributed by atoms with van der Waals surface area (Å²) in [6.07, 6.45) is 5.19. The smallest absolute Gasteiger partial charge is 0.274 e. The van der Waals surface area contributed by atoms with Gasteiger partial charge in [-0.15, -0.1) is 0 Å². The van der Waals surface area contributed by atoms with Crippen molar-refractivity contribution in [2.45, 2.75) is 25.4 Å². The van der Waals surface area contributed by atoms with Gasteiger partial charge in [0.2, 0.25) is 0 Å². The number of aromatic nitrogens is 2. The molecule has 1 saturated heterocycles. The van der Waals surface area contributed by atoms with Gasteiger partial charge < -0.3 is 14.5 Å². The molecule has 3 heterocycles. The summed E-state index contributed by atoms with van der Waals surface area (Å²) in [6, 6.07) is 9.94. The van der Waals surface area contributed by atoms with Crippen molar-refractivity contribution in [3.05, 3.63) is 69.2 Å². The van der Waals surface area contributed by atoms with E-state index in [1.165, 1.54) is 10.1 Å². The van der Waals surface area contributed by atoms with Crippen LogP contribution in [0.15, 0.2) is 47.5 Å². The Morgan fingerprint density at radius 3 is 2.76 bits per heavy atom. The predicted octanol–water partition coefficient (Wildman–Crippen LogP) is 3.26. The zero-order chi connectivity index (χ0) is 20.5. The van der Waals surface area contributed by atoms with Gasteiger partial charge >= 0.3 is 0 Å². The van der Waals surface area contributed by atoms with Gasteiger partial charge in [0.25, 0.3) is 11.5 Å². The van der Waals surface area contributed by atoms with Crippen molar-refractivity contribution in [2.24, 2.45) is 7.05 Å². The Balaban J connectivity index is 1.44. The van der Waals surface area contributed by atoms with Gasteiger partial charge in [-0.05, 0) is 36.6 Å². The molecule has 1 aliphatic heterocycles. The SMILES string of the molecule is CN(C(=O)c1cn(C)c(=O)c2[nH]ccc12)C1CCN(Cc2cccc(Cl)c2)CC1. The number of benzene rings is 1. The summed E-state index contributed by atoms with van der Waals surface area (Å²) >= 11 is 6.09. The maximum Gasteiger partial charge on any atom is 0.274 e. The summed E-state index contributed by atoms with van der Waals surface area (Å²) in [5.74, 6) is -0.0431. The predicted molar refractivity (Wildman–Crippen MR) is 115 cm³/mol. The second-order valence-electron chi connectivity index (χ2n) is 7.78. The molecule has 29 heavy (non-hydrogen) atoms. The maximum atomic E-state index is 13.2. The molecule has 0 bridgehead atoms.